The first-order valence-corrected chi connectivity index (χ1v) is 10.7. The molecule has 1 atom stereocenters. The summed E-state index contributed by atoms with van der Waals surface area (Å²) in [6.07, 6.45) is 4.84. The summed E-state index contributed by atoms with van der Waals surface area (Å²) in [5, 5.41) is 10.3. The van der Waals surface area contributed by atoms with Crippen molar-refractivity contribution in [2.45, 2.75) is 6.10 Å². The number of rotatable bonds is 3. The van der Waals surface area contributed by atoms with E-state index in [1.165, 1.54) is 37.7 Å². The molecule has 1 N–H and O–H groups in total. The molecule has 0 aliphatic heterocycles. The molecule has 0 saturated carbocycles. The summed E-state index contributed by atoms with van der Waals surface area (Å²) >= 11 is 14.0. The van der Waals surface area contributed by atoms with E-state index in [4.69, 9.17) is 23.2 Å². The molecule has 2 aromatic heterocycles. The zero-order valence-corrected chi connectivity index (χ0v) is 20.1. The van der Waals surface area contributed by atoms with Crippen LogP contribution in [-0.2, 0) is 0 Å². The van der Waals surface area contributed by atoms with E-state index in [1.807, 2.05) is 0 Å². The third-order valence-electron chi connectivity index (χ3n) is 3.80. The second-order valence-electron chi connectivity index (χ2n) is 6.01. The van der Waals surface area contributed by atoms with E-state index in [2.05, 4.69) is 40.6 Å². The second-order valence-corrected chi connectivity index (χ2v) is 7.61. The Balaban J connectivity index is 0.000000192. The van der Waals surface area contributed by atoms with Gasteiger partial charge in [-0.05, 0) is 57.3 Å². The smallest absolute Gasteiger partial charge is 0.222 e. The van der Waals surface area contributed by atoms with Crippen molar-refractivity contribution in [1.29, 1.82) is 0 Å². The predicted octanol–water partition coefficient (Wildman–Crippen LogP) is 6.08. The Labute approximate surface area is 207 Å². The summed E-state index contributed by atoms with van der Waals surface area (Å²) in [7, 11) is 1.44. The molecule has 0 bridgehead atoms. The van der Waals surface area contributed by atoms with Crippen LogP contribution in [-0.4, -0.2) is 32.2 Å². The van der Waals surface area contributed by atoms with Crippen LogP contribution in [0.3, 0.4) is 0 Å². The fourth-order valence-electron chi connectivity index (χ4n) is 2.25. The normalized spacial score (nSPS) is 10.8. The first-order chi connectivity index (χ1) is 15.8. The third kappa shape index (κ3) is 8.97. The van der Waals surface area contributed by atoms with Crippen molar-refractivity contribution < 1.29 is 18.6 Å². The molecule has 0 fully saturated rings. The van der Waals surface area contributed by atoms with Crippen molar-refractivity contribution in [3.8, 4) is 5.75 Å². The largest absolute Gasteiger partial charge is 0.494 e. The van der Waals surface area contributed by atoms with Crippen molar-refractivity contribution in [2.24, 2.45) is 0 Å². The first-order valence-electron chi connectivity index (χ1n) is 9.13. The Morgan fingerprint density at radius 1 is 0.818 bits per heavy atom. The zero-order chi connectivity index (χ0) is 24.2. The van der Waals surface area contributed by atoms with E-state index < -0.39 is 11.9 Å². The molecule has 172 valence electrons. The average Bonchev–Trinajstić information content (AvgIpc) is 2.82. The van der Waals surface area contributed by atoms with Gasteiger partial charge in [0.25, 0.3) is 0 Å². The number of aromatic nitrogens is 4. The van der Waals surface area contributed by atoms with E-state index in [9.17, 15) is 13.9 Å². The fourth-order valence-corrected chi connectivity index (χ4v) is 2.65. The summed E-state index contributed by atoms with van der Waals surface area (Å²) in [4.78, 5) is 14.8. The van der Waals surface area contributed by atoms with Gasteiger partial charge >= 0.3 is 0 Å². The summed E-state index contributed by atoms with van der Waals surface area (Å²) in [6, 6.07) is 12.3. The van der Waals surface area contributed by atoms with E-state index >= 15 is 0 Å². The summed E-state index contributed by atoms with van der Waals surface area (Å²) in [6.45, 7) is 0. The number of hydrogen-bond donors (Lipinski definition) is 1. The van der Waals surface area contributed by atoms with Crippen molar-refractivity contribution in [3.63, 3.8) is 0 Å². The van der Waals surface area contributed by atoms with E-state index in [-0.39, 0.29) is 27.7 Å². The minimum atomic E-state index is -1.08. The average molecular weight is 558 g/mol. The maximum Gasteiger partial charge on any atom is 0.222 e. The van der Waals surface area contributed by atoms with Crippen molar-refractivity contribution in [3.05, 3.63) is 111 Å². The van der Waals surface area contributed by atoms with Gasteiger partial charge in [0.1, 0.15) is 11.9 Å². The number of para-hydroxylation sites is 1. The maximum absolute atomic E-state index is 13.4. The van der Waals surface area contributed by atoms with E-state index in [0.717, 1.165) is 4.47 Å². The molecule has 0 radical (unpaired) electrons. The molecule has 0 amide bonds. The molecule has 0 aliphatic carbocycles. The minimum absolute atomic E-state index is 0.0875. The van der Waals surface area contributed by atoms with Gasteiger partial charge in [-0.15, -0.1) is 0 Å². The third-order valence-corrected chi connectivity index (χ3v) is 4.60. The number of benzene rings is 2. The lowest BCUT2D eigenvalue weighted by atomic mass is 10.0. The van der Waals surface area contributed by atoms with Crippen molar-refractivity contribution in [2.75, 3.05) is 7.11 Å². The van der Waals surface area contributed by atoms with Crippen LogP contribution >= 0.6 is 39.1 Å². The van der Waals surface area contributed by atoms with Crippen LogP contribution in [0.1, 0.15) is 17.2 Å². The lowest BCUT2D eigenvalue weighted by Gasteiger charge is -2.11. The molecule has 1 unspecified atom stereocenters. The number of ether oxygens (including phenoxy) is 1. The molecule has 4 rings (SSSR count). The van der Waals surface area contributed by atoms with Gasteiger partial charge in [-0.1, -0.05) is 30.3 Å². The maximum atomic E-state index is 13.4. The van der Waals surface area contributed by atoms with Crippen LogP contribution in [0.25, 0.3) is 0 Å². The van der Waals surface area contributed by atoms with Crippen molar-refractivity contribution >= 4 is 39.1 Å². The van der Waals surface area contributed by atoms with Crippen LogP contribution in [0, 0.1) is 11.6 Å². The Bertz CT molecular complexity index is 1120. The second kappa shape index (κ2) is 13.7. The highest BCUT2D eigenvalue weighted by molar-refractivity contribution is 9.10. The molecule has 0 spiro atoms. The highest BCUT2D eigenvalue weighted by atomic mass is 79.9. The summed E-state index contributed by atoms with van der Waals surface area (Å²) in [5.74, 6) is -0.498. The van der Waals surface area contributed by atoms with Gasteiger partial charge in [0, 0.05) is 35.9 Å². The highest BCUT2D eigenvalue weighted by Gasteiger charge is 2.15. The molecule has 2 heterocycles. The Morgan fingerprint density at radius 3 is 1.76 bits per heavy atom. The van der Waals surface area contributed by atoms with Crippen LogP contribution in [0.4, 0.5) is 8.78 Å². The number of methoxy groups -OCH3 is 1. The van der Waals surface area contributed by atoms with Gasteiger partial charge < -0.3 is 9.84 Å². The van der Waals surface area contributed by atoms with Gasteiger partial charge in [0.05, 0.1) is 11.6 Å². The van der Waals surface area contributed by atoms with Gasteiger partial charge in [-0.3, -0.25) is 0 Å². The molecule has 0 aliphatic rings. The summed E-state index contributed by atoms with van der Waals surface area (Å²) in [5.41, 5.74) is 0.586. The van der Waals surface area contributed by atoms with Crippen LogP contribution < -0.4 is 4.74 Å². The van der Waals surface area contributed by atoms with Gasteiger partial charge in [0.2, 0.25) is 10.6 Å². The Hall–Kier alpha value is -2.72. The standard InChI is InChI=1S/C11H8ClFN2O.C7H7FO.C4H2BrClN2/c12-11-14-5-7(6-15-11)10(16)8-3-1-2-4-9(8)13;1-9-7-5-3-2-4-6(7)8;5-3-1-7-4(6)8-2-3/h1-6,10,16H;2-5H,1H3;1-2H. The molecule has 6 nitrogen and oxygen atoms in total. The van der Waals surface area contributed by atoms with Crippen molar-refractivity contribution in [1.82, 2.24) is 19.9 Å². The van der Waals surface area contributed by atoms with Crippen LogP contribution in [0.5, 0.6) is 5.75 Å². The fraction of sp³-hybridized carbons (Fsp3) is 0.0909. The van der Waals surface area contributed by atoms with E-state index in [1.54, 1.807) is 42.7 Å². The molecule has 33 heavy (non-hydrogen) atoms. The molecule has 2 aromatic carbocycles. The Kier molecular flexibility index (Phi) is 11.0. The monoisotopic (exact) mass is 556 g/mol. The number of hydrogen-bond acceptors (Lipinski definition) is 6. The van der Waals surface area contributed by atoms with Gasteiger partial charge in [-0.25, -0.2) is 28.7 Å². The predicted molar refractivity (Wildman–Crippen MR) is 125 cm³/mol. The highest BCUT2D eigenvalue weighted by Crippen LogP contribution is 2.23. The molecule has 0 saturated heterocycles. The van der Waals surface area contributed by atoms with Gasteiger partial charge in [-0.2, -0.15) is 0 Å². The Morgan fingerprint density at radius 2 is 1.30 bits per heavy atom. The van der Waals surface area contributed by atoms with Crippen LogP contribution in [0.2, 0.25) is 10.6 Å². The minimum Gasteiger partial charge on any atom is -0.494 e. The lowest BCUT2D eigenvalue weighted by Crippen LogP contribution is -2.03. The van der Waals surface area contributed by atoms with Crippen LogP contribution in [0.15, 0.2) is 77.8 Å². The van der Waals surface area contributed by atoms with E-state index in [0.29, 0.717) is 5.56 Å². The quantitative estimate of drug-likeness (QED) is 0.308. The lowest BCUT2D eigenvalue weighted by molar-refractivity contribution is 0.214. The molecular formula is C22H17BrCl2F2N4O2. The first kappa shape index (κ1) is 26.5. The molecule has 4 aromatic rings. The molecular weight excluding hydrogens is 541 g/mol. The van der Waals surface area contributed by atoms with Gasteiger partial charge in [0.15, 0.2) is 11.6 Å². The number of aliphatic hydroxyl groups excluding tert-OH is 1. The SMILES string of the molecule is COc1ccccc1F.Clc1ncc(Br)cn1.OC(c1cnc(Cl)nc1)c1ccccc1F. The molecule has 11 heteroatoms. The zero-order valence-electron chi connectivity index (χ0n) is 17.0. The number of nitrogens with zero attached hydrogens (tertiary/aromatic N) is 4. The number of halogens is 5. The number of aliphatic hydroxyl groups is 1. The summed E-state index contributed by atoms with van der Waals surface area (Å²) < 4.78 is 31.3. The topological polar surface area (TPSA) is 81.0 Å².